The Kier molecular flexibility index (Phi) is 3.91. The number of nitrogens with one attached hydrogen (secondary N) is 1. The van der Waals surface area contributed by atoms with Gasteiger partial charge in [-0.2, -0.15) is 0 Å². The van der Waals surface area contributed by atoms with Gasteiger partial charge in [0, 0.05) is 10.7 Å². The third-order valence-electron chi connectivity index (χ3n) is 4.81. The molecule has 1 atom stereocenters. The molecule has 2 nitrogen and oxygen atoms in total. The zero-order chi connectivity index (χ0) is 14.1. The minimum Gasteiger partial charge on any atom is -0.326 e. The van der Waals surface area contributed by atoms with Gasteiger partial charge in [-0.05, 0) is 36.5 Å². The van der Waals surface area contributed by atoms with Crippen molar-refractivity contribution >= 4 is 23.2 Å². The molecule has 19 heavy (non-hydrogen) atoms. The Balaban J connectivity index is 2.19. The SMILES string of the molecule is CC1(C)CCCCC1(C)C(=O)Nc1cccc(Cl)c1. The van der Waals surface area contributed by atoms with Crippen LogP contribution in [0.25, 0.3) is 0 Å². The maximum absolute atomic E-state index is 12.7. The van der Waals surface area contributed by atoms with Crippen LogP contribution in [-0.4, -0.2) is 5.91 Å². The number of halogens is 1. The van der Waals surface area contributed by atoms with E-state index in [-0.39, 0.29) is 16.7 Å². The molecule has 1 aromatic rings. The van der Waals surface area contributed by atoms with Gasteiger partial charge in [-0.25, -0.2) is 0 Å². The molecule has 0 aromatic heterocycles. The van der Waals surface area contributed by atoms with Crippen molar-refractivity contribution in [1.29, 1.82) is 0 Å². The summed E-state index contributed by atoms with van der Waals surface area (Å²) >= 11 is 5.95. The first-order chi connectivity index (χ1) is 8.85. The maximum Gasteiger partial charge on any atom is 0.230 e. The van der Waals surface area contributed by atoms with Gasteiger partial charge in [-0.1, -0.05) is 51.3 Å². The van der Waals surface area contributed by atoms with Crippen molar-refractivity contribution in [3.8, 4) is 0 Å². The van der Waals surface area contributed by atoms with Crippen LogP contribution in [0.15, 0.2) is 24.3 Å². The number of anilines is 1. The fraction of sp³-hybridized carbons (Fsp3) is 0.562. The molecule has 0 spiro atoms. The highest BCUT2D eigenvalue weighted by Gasteiger charge is 2.48. The number of amides is 1. The van der Waals surface area contributed by atoms with E-state index >= 15 is 0 Å². The van der Waals surface area contributed by atoms with E-state index in [9.17, 15) is 4.79 Å². The molecule has 0 heterocycles. The molecule has 104 valence electrons. The van der Waals surface area contributed by atoms with Crippen molar-refractivity contribution in [1.82, 2.24) is 0 Å². The summed E-state index contributed by atoms with van der Waals surface area (Å²) in [7, 11) is 0. The second kappa shape index (κ2) is 5.16. The third-order valence-corrected chi connectivity index (χ3v) is 5.04. The Hall–Kier alpha value is -1.02. The summed E-state index contributed by atoms with van der Waals surface area (Å²) in [5, 5.41) is 3.67. The lowest BCUT2D eigenvalue weighted by Gasteiger charge is -2.46. The van der Waals surface area contributed by atoms with Crippen LogP contribution in [0.1, 0.15) is 46.5 Å². The van der Waals surface area contributed by atoms with E-state index in [1.165, 1.54) is 6.42 Å². The standard InChI is InChI=1S/C16H22ClNO/c1-15(2)9-4-5-10-16(15,3)14(19)18-13-8-6-7-12(17)11-13/h6-8,11H,4-5,9-10H2,1-3H3,(H,18,19). The van der Waals surface area contributed by atoms with E-state index in [1.54, 1.807) is 6.07 Å². The molecule has 0 aliphatic heterocycles. The first-order valence-electron chi connectivity index (χ1n) is 6.92. The zero-order valence-corrected chi connectivity index (χ0v) is 12.7. The Morgan fingerprint density at radius 3 is 2.53 bits per heavy atom. The molecule has 1 amide bonds. The van der Waals surface area contributed by atoms with Gasteiger partial charge in [-0.15, -0.1) is 0 Å². The smallest absolute Gasteiger partial charge is 0.230 e. The molecular formula is C16H22ClNO. The van der Waals surface area contributed by atoms with Gasteiger partial charge >= 0.3 is 0 Å². The van der Waals surface area contributed by atoms with Crippen LogP contribution in [0.4, 0.5) is 5.69 Å². The Morgan fingerprint density at radius 2 is 1.89 bits per heavy atom. The number of rotatable bonds is 2. The number of hydrogen-bond acceptors (Lipinski definition) is 1. The predicted molar refractivity (Wildman–Crippen MR) is 80.4 cm³/mol. The summed E-state index contributed by atoms with van der Waals surface area (Å²) in [6, 6.07) is 7.33. The second-order valence-electron chi connectivity index (χ2n) is 6.39. The quantitative estimate of drug-likeness (QED) is 0.821. The largest absolute Gasteiger partial charge is 0.326 e. The van der Waals surface area contributed by atoms with E-state index in [0.717, 1.165) is 24.9 Å². The molecular weight excluding hydrogens is 258 g/mol. The lowest BCUT2D eigenvalue weighted by Crippen LogP contribution is -2.47. The first-order valence-corrected chi connectivity index (χ1v) is 7.30. The molecule has 0 bridgehead atoms. The minimum absolute atomic E-state index is 0.0356. The topological polar surface area (TPSA) is 29.1 Å². The highest BCUT2D eigenvalue weighted by atomic mass is 35.5. The number of hydrogen-bond donors (Lipinski definition) is 1. The van der Waals surface area contributed by atoms with Gasteiger partial charge in [-0.3, -0.25) is 4.79 Å². The molecule has 0 saturated heterocycles. The molecule has 1 aliphatic rings. The van der Waals surface area contributed by atoms with Crippen molar-refractivity contribution in [3.05, 3.63) is 29.3 Å². The van der Waals surface area contributed by atoms with E-state index in [4.69, 9.17) is 11.6 Å². The van der Waals surface area contributed by atoms with Gasteiger partial charge in [0.25, 0.3) is 0 Å². The highest BCUT2D eigenvalue weighted by Crippen LogP contribution is 2.50. The number of benzene rings is 1. The number of carbonyl (C=O) groups excluding carboxylic acids is 1. The van der Waals surface area contributed by atoms with Crippen molar-refractivity contribution in [2.75, 3.05) is 5.32 Å². The molecule has 1 N–H and O–H groups in total. The van der Waals surface area contributed by atoms with Crippen LogP contribution in [0.5, 0.6) is 0 Å². The van der Waals surface area contributed by atoms with Crippen LogP contribution in [0, 0.1) is 10.8 Å². The Morgan fingerprint density at radius 1 is 1.21 bits per heavy atom. The monoisotopic (exact) mass is 279 g/mol. The summed E-state index contributed by atoms with van der Waals surface area (Å²) in [6.45, 7) is 6.49. The molecule has 1 aromatic carbocycles. The van der Waals surface area contributed by atoms with Crippen LogP contribution in [-0.2, 0) is 4.79 Å². The summed E-state index contributed by atoms with van der Waals surface area (Å²) in [4.78, 5) is 12.7. The lowest BCUT2D eigenvalue weighted by molar-refractivity contribution is -0.134. The van der Waals surface area contributed by atoms with E-state index in [1.807, 2.05) is 18.2 Å². The normalized spacial score (nSPS) is 25.9. The Bertz CT molecular complexity index is 483. The first kappa shape index (κ1) is 14.4. The van der Waals surface area contributed by atoms with E-state index < -0.39 is 0 Å². The third kappa shape index (κ3) is 2.79. The van der Waals surface area contributed by atoms with Gasteiger partial charge < -0.3 is 5.32 Å². The summed E-state index contributed by atoms with van der Waals surface area (Å²) in [5.74, 6) is 0.111. The molecule has 1 unspecified atom stereocenters. The zero-order valence-electron chi connectivity index (χ0n) is 11.9. The molecule has 2 rings (SSSR count). The van der Waals surface area contributed by atoms with Gasteiger partial charge in [0.15, 0.2) is 0 Å². The fourth-order valence-electron chi connectivity index (χ4n) is 2.92. The summed E-state index contributed by atoms with van der Waals surface area (Å²) in [5.41, 5.74) is 0.502. The molecule has 1 fully saturated rings. The van der Waals surface area contributed by atoms with Crippen LogP contribution in [0.2, 0.25) is 5.02 Å². The molecule has 1 saturated carbocycles. The maximum atomic E-state index is 12.7. The van der Waals surface area contributed by atoms with Crippen molar-refractivity contribution in [2.45, 2.75) is 46.5 Å². The van der Waals surface area contributed by atoms with E-state index in [0.29, 0.717) is 5.02 Å². The highest BCUT2D eigenvalue weighted by molar-refractivity contribution is 6.30. The second-order valence-corrected chi connectivity index (χ2v) is 6.82. The average Bonchev–Trinajstić information content (AvgIpc) is 2.33. The average molecular weight is 280 g/mol. The van der Waals surface area contributed by atoms with Crippen LogP contribution < -0.4 is 5.32 Å². The number of carbonyl (C=O) groups is 1. The molecule has 1 aliphatic carbocycles. The van der Waals surface area contributed by atoms with Gasteiger partial charge in [0.1, 0.15) is 0 Å². The summed E-state index contributed by atoms with van der Waals surface area (Å²) in [6.07, 6.45) is 4.40. The lowest BCUT2D eigenvalue weighted by atomic mass is 9.58. The Labute approximate surface area is 120 Å². The van der Waals surface area contributed by atoms with Crippen molar-refractivity contribution < 1.29 is 4.79 Å². The van der Waals surface area contributed by atoms with Gasteiger partial charge in [0.2, 0.25) is 5.91 Å². The van der Waals surface area contributed by atoms with Crippen molar-refractivity contribution in [2.24, 2.45) is 10.8 Å². The fourth-order valence-corrected chi connectivity index (χ4v) is 3.11. The van der Waals surface area contributed by atoms with Crippen LogP contribution >= 0.6 is 11.6 Å². The minimum atomic E-state index is -0.312. The summed E-state index contributed by atoms with van der Waals surface area (Å²) < 4.78 is 0. The van der Waals surface area contributed by atoms with E-state index in [2.05, 4.69) is 26.1 Å². The molecule has 0 radical (unpaired) electrons. The van der Waals surface area contributed by atoms with Gasteiger partial charge in [0.05, 0.1) is 5.41 Å². The van der Waals surface area contributed by atoms with Crippen molar-refractivity contribution in [3.63, 3.8) is 0 Å². The van der Waals surface area contributed by atoms with Crippen LogP contribution in [0.3, 0.4) is 0 Å². The predicted octanol–water partition coefficient (Wildman–Crippen LogP) is 4.89. The molecule has 3 heteroatoms.